The number of carboxylic acids is 1. The average molecular weight is 220 g/mol. The Morgan fingerprint density at radius 2 is 2.21 bits per heavy atom. The lowest BCUT2D eigenvalue weighted by Gasteiger charge is -2.26. The van der Waals surface area contributed by atoms with Gasteiger partial charge in [-0.15, -0.1) is 11.6 Å². The van der Waals surface area contributed by atoms with Gasteiger partial charge in [-0.2, -0.15) is 0 Å². The van der Waals surface area contributed by atoms with Gasteiger partial charge in [-0.25, -0.2) is 0 Å². The Balaban J connectivity index is 2.65. The molecule has 0 bridgehead atoms. The van der Waals surface area contributed by atoms with Crippen LogP contribution >= 0.6 is 11.6 Å². The maximum absolute atomic E-state index is 11.4. The van der Waals surface area contributed by atoms with Gasteiger partial charge in [-0.1, -0.05) is 0 Å². The number of amides is 1. The molecule has 3 atom stereocenters. The Hall–Kier alpha value is -0.770. The highest BCUT2D eigenvalue weighted by Gasteiger charge is 2.37. The van der Waals surface area contributed by atoms with Gasteiger partial charge in [0.05, 0.1) is 11.3 Å². The topological polar surface area (TPSA) is 57.6 Å². The van der Waals surface area contributed by atoms with Crippen molar-refractivity contribution in [1.82, 2.24) is 4.90 Å². The van der Waals surface area contributed by atoms with Crippen molar-refractivity contribution in [3.63, 3.8) is 0 Å². The van der Waals surface area contributed by atoms with Gasteiger partial charge in [-0.05, 0) is 13.8 Å². The molecule has 0 radical (unpaired) electrons. The Bertz CT molecular complexity index is 254. The number of carbonyl (C=O) groups is 2. The number of carbonyl (C=O) groups excluding carboxylic acids is 1. The van der Waals surface area contributed by atoms with Crippen molar-refractivity contribution in [3.8, 4) is 0 Å². The van der Waals surface area contributed by atoms with E-state index in [-0.39, 0.29) is 30.3 Å². The van der Waals surface area contributed by atoms with Crippen molar-refractivity contribution in [2.24, 2.45) is 5.92 Å². The van der Waals surface area contributed by atoms with E-state index in [1.165, 1.54) is 0 Å². The number of aliphatic carboxylic acids is 1. The van der Waals surface area contributed by atoms with Crippen molar-refractivity contribution >= 4 is 23.5 Å². The van der Waals surface area contributed by atoms with Crippen molar-refractivity contribution in [2.45, 2.75) is 31.7 Å². The second-order valence-electron chi connectivity index (χ2n) is 3.70. The monoisotopic (exact) mass is 219 g/mol. The van der Waals surface area contributed by atoms with Gasteiger partial charge in [-0.3, -0.25) is 9.59 Å². The fraction of sp³-hybridized carbons (Fsp3) is 0.778. The molecular weight excluding hydrogens is 206 g/mol. The SMILES string of the molecule is CC(Cl)[C@H](C)N1CC(C(=O)O)CC1=O. The number of likely N-dealkylation sites (tertiary alicyclic amines) is 1. The van der Waals surface area contributed by atoms with Crippen LogP contribution in [0.25, 0.3) is 0 Å². The molecular formula is C9H14ClNO3. The molecule has 1 saturated heterocycles. The summed E-state index contributed by atoms with van der Waals surface area (Å²) in [6.45, 7) is 3.92. The summed E-state index contributed by atoms with van der Waals surface area (Å²) in [5, 5.41) is 8.60. The van der Waals surface area contributed by atoms with Crippen LogP contribution in [0.15, 0.2) is 0 Å². The predicted molar refractivity (Wildman–Crippen MR) is 52.2 cm³/mol. The Labute approximate surface area is 87.8 Å². The number of carboxylic acid groups (broad SMARTS) is 1. The zero-order chi connectivity index (χ0) is 10.9. The fourth-order valence-electron chi connectivity index (χ4n) is 1.54. The average Bonchev–Trinajstić information content (AvgIpc) is 2.46. The van der Waals surface area contributed by atoms with E-state index >= 15 is 0 Å². The predicted octanol–water partition coefficient (Wildman–Crippen LogP) is 0.935. The molecule has 1 aliphatic heterocycles. The van der Waals surface area contributed by atoms with Crippen LogP contribution in [-0.4, -0.2) is 39.8 Å². The standard InChI is InChI=1S/C9H14ClNO3/c1-5(10)6(2)11-4-7(9(13)14)3-8(11)12/h5-7H,3-4H2,1-2H3,(H,13,14)/t5?,6-,7?/m0/s1. The maximum atomic E-state index is 11.4. The second kappa shape index (κ2) is 4.17. The van der Waals surface area contributed by atoms with E-state index in [1.54, 1.807) is 11.8 Å². The first-order valence-electron chi connectivity index (χ1n) is 4.59. The van der Waals surface area contributed by atoms with E-state index in [2.05, 4.69) is 0 Å². The third kappa shape index (κ3) is 2.18. The van der Waals surface area contributed by atoms with Crippen LogP contribution in [0.3, 0.4) is 0 Å². The summed E-state index contributed by atoms with van der Waals surface area (Å²) in [4.78, 5) is 23.7. The minimum Gasteiger partial charge on any atom is -0.481 e. The Morgan fingerprint density at radius 1 is 1.64 bits per heavy atom. The number of nitrogens with zero attached hydrogens (tertiary/aromatic N) is 1. The minimum atomic E-state index is -0.907. The molecule has 0 aromatic rings. The van der Waals surface area contributed by atoms with Crippen molar-refractivity contribution in [2.75, 3.05) is 6.54 Å². The van der Waals surface area contributed by atoms with E-state index in [0.717, 1.165) is 0 Å². The molecule has 5 heteroatoms. The lowest BCUT2D eigenvalue weighted by molar-refractivity contribution is -0.141. The number of hydrogen-bond acceptors (Lipinski definition) is 2. The molecule has 2 unspecified atom stereocenters. The van der Waals surface area contributed by atoms with Gasteiger partial charge in [0.15, 0.2) is 0 Å². The summed E-state index contributed by atoms with van der Waals surface area (Å²) >= 11 is 5.86. The van der Waals surface area contributed by atoms with Crippen LogP contribution in [0.4, 0.5) is 0 Å². The maximum Gasteiger partial charge on any atom is 0.308 e. The van der Waals surface area contributed by atoms with E-state index in [9.17, 15) is 9.59 Å². The highest BCUT2D eigenvalue weighted by Crippen LogP contribution is 2.22. The highest BCUT2D eigenvalue weighted by molar-refractivity contribution is 6.20. The summed E-state index contributed by atoms with van der Waals surface area (Å²) in [6, 6.07) is -0.103. The zero-order valence-electron chi connectivity index (χ0n) is 8.24. The van der Waals surface area contributed by atoms with Gasteiger partial charge in [0.2, 0.25) is 5.91 Å². The lowest BCUT2D eigenvalue weighted by Crippen LogP contribution is -2.39. The molecule has 0 spiro atoms. The van der Waals surface area contributed by atoms with Crippen LogP contribution in [-0.2, 0) is 9.59 Å². The van der Waals surface area contributed by atoms with Crippen molar-refractivity contribution in [1.29, 1.82) is 0 Å². The molecule has 1 rings (SSSR count). The molecule has 1 heterocycles. The van der Waals surface area contributed by atoms with E-state index in [1.807, 2.05) is 6.92 Å². The number of rotatable bonds is 3. The third-order valence-corrected chi connectivity index (χ3v) is 3.03. The molecule has 1 amide bonds. The molecule has 0 aromatic heterocycles. The zero-order valence-corrected chi connectivity index (χ0v) is 8.99. The fourth-order valence-corrected chi connectivity index (χ4v) is 1.67. The van der Waals surface area contributed by atoms with Crippen LogP contribution < -0.4 is 0 Å². The smallest absolute Gasteiger partial charge is 0.308 e. The Kier molecular flexibility index (Phi) is 3.37. The molecule has 0 saturated carbocycles. The van der Waals surface area contributed by atoms with E-state index < -0.39 is 11.9 Å². The van der Waals surface area contributed by atoms with Crippen LogP contribution in [0.2, 0.25) is 0 Å². The molecule has 1 N–H and O–H groups in total. The summed E-state index contributed by atoms with van der Waals surface area (Å²) in [6.07, 6.45) is 0.100. The number of halogens is 1. The molecule has 14 heavy (non-hydrogen) atoms. The quantitative estimate of drug-likeness (QED) is 0.719. The summed E-state index contributed by atoms with van der Waals surface area (Å²) in [7, 11) is 0. The molecule has 0 aliphatic carbocycles. The largest absolute Gasteiger partial charge is 0.481 e. The van der Waals surface area contributed by atoms with E-state index in [4.69, 9.17) is 16.7 Å². The molecule has 1 aliphatic rings. The Morgan fingerprint density at radius 3 is 2.57 bits per heavy atom. The lowest BCUT2D eigenvalue weighted by atomic mass is 10.1. The molecule has 4 nitrogen and oxygen atoms in total. The summed E-state index contributed by atoms with van der Waals surface area (Å²) in [5.74, 6) is -1.59. The third-order valence-electron chi connectivity index (χ3n) is 2.66. The van der Waals surface area contributed by atoms with Crippen LogP contribution in [0.1, 0.15) is 20.3 Å². The van der Waals surface area contributed by atoms with Gasteiger partial charge in [0, 0.05) is 19.0 Å². The normalized spacial score (nSPS) is 26.4. The van der Waals surface area contributed by atoms with Crippen LogP contribution in [0.5, 0.6) is 0 Å². The summed E-state index contributed by atoms with van der Waals surface area (Å²) < 4.78 is 0. The first-order chi connectivity index (χ1) is 6.43. The van der Waals surface area contributed by atoms with Gasteiger partial charge in [0.25, 0.3) is 0 Å². The first kappa shape index (κ1) is 11.3. The van der Waals surface area contributed by atoms with Crippen molar-refractivity contribution < 1.29 is 14.7 Å². The van der Waals surface area contributed by atoms with Gasteiger partial charge in [0.1, 0.15) is 0 Å². The first-order valence-corrected chi connectivity index (χ1v) is 5.03. The molecule has 80 valence electrons. The second-order valence-corrected chi connectivity index (χ2v) is 4.39. The molecule has 0 aromatic carbocycles. The highest BCUT2D eigenvalue weighted by atomic mass is 35.5. The minimum absolute atomic E-state index is 0.100. The van der Waals surface area contributed by atoms with Gasteiger partial charge >= 0.3 is 5.97 Å². The van der Waals surface area contributed by atoms with Crippen molar-refractivity contribution in [3.05, 3.63) is 0 Å². The van der Waals surface area contributed by atoms with E-state index in [0.29, 0.717) is 0 Å². The summed E-state index contributed by atoms with van der Waals surface area (Å²) in [5.41, 5.74) is 0. The molecule has 1 fully saturated rings. The number of hydrogen-bond donors (Lipinski definition) is 1. The number of alkyl halides is 1. The van der Waals surface area contributed by atoms with Gasteiger partial charge < -0.3 is 10.0 Å². The van der Waals surface area contributed by atoms with Crippen LogP contribution in [0, 0.1) is 5.92 Å².